The van der Waals surface area contributed by atoms with Gasteiger partial charge in [0.25, 0.3) is 0 Å². The fourth-order valence-electron chi connectivity index (χ4n) is 2.24. The molecule has 1 aromatic carbocycles. The number of nitrogens with one attached hydrogen (secondary N) is 2. The number of piperidine rings is 1. The molecule has 0 aliphatic carbocycles. The van der Waals surface area contributed by atoms with Crippen molar-refractivity contribution in [1.29, 1.82) is 0 Å². The Hall–Kier alpha value is -1.62. The van der Waals surface area contributed by atoms with Crippen LogP contribution in [0.5, 0.6) is 0 Å². The quantitative estimate of drug-likeness (QED) is 0.801. The zero-order chi connectivity index (χ0) is 13.0. The van der Waals surface area contributed by atoms with Gasteiger partial charge in [0.2, 0.25) is 0 Å². The van der Waals surface area contributed by atoms with Crippen LogP contribution in [0.2, 0.25) is 0 Å². The molecule has 0 amide bonds. The van der Waals surface area contributed by atoms with Crippen LogP contribution in [0.4, 0.5) is 10.1 Å². The topological polar surface area (TPSA) is 50.4 Å². The molecule has 1 saturated heterocycles. The van der Waals surface area contributed by atoms with Gasteiger partial charge in [-0.2, -0.15) is 0 Å². The van der Waals surface area contributed by atoms with E-state index in [-0.39, 0.29) is 11.8 Å². The molecule has 1 heterocycles. The maximum atomic E-state index is 12.9. The largest absolute Gasteiger partial charge is 0.467 e. The van der Waals surface area contributed by atoms with Gasteiger partial charge in [0.15, 0.2) is 0 Å². The molecule has 4 nitrogen and oxygen atoms in total. The smallest absolute Gasteiger partial charge is 0.331 e. The van der Waals surface area contributed by atoms with E-state index < -0.39 is 5.54 Å². The molecule has 0 radical (unpaired) electrons. The van der Waals surface area contributed by atoms with E-state index in [1.807, 2.05) is 0 Å². The van der Waals surface area contributed by atoms with Crippen molar-refractivity contribution in [2.24, 2.45) is 0 Å². The highest BCUT2D eigenvalue weighted by Gasteiger charge is 2.40. The number of esters is 1. The maximum Gasteiger partial charge on any atom is 0.331 e. The minimum Gasteiger partial charge on any atom is -0.467 e. The molecule has 0 bridgehead atoms. The van der Waals surface area contributed by atoms with Crippen LogP contribution in [0, 0.1) is 5.82 Å². The SMILES string of the molecule is COC(=O)C1(Nc2ccc(F)cc2)CCNCC1. The van der Waals surface area contributed by atoms with Gasteiger partial charge in [-0.15, -0.1) is 0 Å². The molecule has 0 aromatic heterocycles. The van der Waals surface area contributed by atoms with Crippen molar-refractivity contribution in [3.8, 4) is 0 Å². The number of halogens is 1. The molecule has 2 N–H and O–H groups in total. The van der Waals surface area contributed by atoms with Gasteiger partial charge in [-0.1, -0.05) is 0 Å². The third kappa shape index (κ3) is 2.61. The van der Waals surface area contributed by atoms with Crippen LogP contribution in [0.1, 0.15) is 12.8 Å². The Morgan fingerprint density at radius 1 is 1.33 bits per heavy atom. The Labute approximate surface area is 106 Å². The number of ether oxygens (including phenoxy) is 1. The van der Waals surface area contributed by atoms with Crippen molar-refractivity contribution in [2.75, 3.05) is 25.5 Å². The minimum atomic E-state index is -0.710. The predicted molar refractivity (Wildman–Crippen MR) is 66.9 cm³/mol. The van der Waals surface area contributed by atoms with Gasteiger partial charge in [-0.3, -0.25) is 0 Å². The summed E-state index contributed by atoms with van der Waals surface area (Å²) in [6, 6.07) is 5.99. The first-order chi connectivity index (χ1) is 8.66. The van der Waals surface area contributed by atoms with Crippen molar-refractivity contribution < 1.29 is 13.9 Å². The summed E-state index contributed by atoms with van der Waals surface area (Å²) >= 11 is 0. The Morgan fingerprint density at radius 2 is 1.94 bits per heavy atom. The lowest BCUT2D eigenvalue weighted by Crippen LogP contribution is -2.54. The molecule has 2 rings (SSSR count). The molecule has 1 aliphatic rings. The number of hydrogen-bond acceptors (Lipinski definition) is 4. The summed E-state index contributed by atoms with van der Waals surface area (Å²) in [5.41, 5.74) is 0.0152. The molecule has 5 heteroatoms. The fraction of sp³-hybridized carbons (Fsp3) is 0.462. The summed E-state index contributed by atoms with van der Waals surface area (Å²) in [5, 5.41) is 6.40. The van der Waals surface area contributed by atoms with E-state index in [0.717, 1.165) is 18.8 Å². The van der Waals surface area contributed by atoms with E-state index in [4.69, 9.17) is 4.74 Å². The second kappa shape index (κ2) is 5.35. The first kappa shape index (κ1) is 12.8. The van der Waals surface area contributed by atoms with Crippen LogP contribution in [0.3, 0.4) is 0 Å². The Kier molecular flexibility index (Phi) is 3.81. The second-order valence-electron chi connectivity index (χ2n) is 4.46. The molecule has 98 valence electrons. The summed E-state index contributed by atoms with van der Waals surface area (Å²) in [5.74, 6) is -0.564. The highest BCUT2D eigenvalue weighted by atomic mass is 19.1. The van der Waals surface area contributed by atoms with Crippen LogP contribution < -0.4 is 10.6 Å². The van der Waals surface area contributed by atoms with Crippen molar-refractivity contribution >= 4 is 11.7 Å². The molecule has 1 aromatic rings. The second-order valence-corrected chi connectivity index (χ2v) is 4.46. The molecule has 0 unspecified atom stereocenters. The zero-order valence-electron chi connectivity index (χ0n) is 10.3. The van der Waals surface area contributed by atoms with Crippen LogP contribution in [-0.2, 0) is 9.53 Å². The summed E-state index contributed by atoms with van der Waals surface area (Å²) in [6.07, 6.45) is 1.30. The van der Waals surface area contributed by atoms with E-state index in [1.54, 1.807) is 12.1 Å². The number of methoxy groups -OCH3 is 1. The van der Waals surface area contributed by atoms with Gasteiger partial charge < -0.3 is 15.4 Å². The van der Waals surface area contributed by atoms with Gasteiger partial charge in [0.1, 0.15) is 11.4 Å². The molecular formula is C13H17FN2O2. The molecule has 1 fully saturated rings. The van der Waals surface area contributed by atoms with E-state index in [9.17, 15) is 9.18 Å². The molecule has 18 heavy (non-hydrogen) atoms. The molecule has 0 saturated carbocycles. The number of hydrogen-bond donors (Lipinski definition) is 2. The monoisotopic (exact) mass is 252 g/mol. The van der Waals surface area contributed by atoms with Crippen LogP contribution in [0.25, 0.3) is 0 Å². The summed E-state index contributed by atoms with van der Waals surface area (Å²) in [6.45, 7) is 1.51. The first-order valence-electron chi connectivity index (χ1n) is 5.99. The highest BCUT2D eigenvalue weighted by Crippen LogP contribution is 2.25. The molecular weight excluding hydrogens is 235 g/mol. The van der Waals surface area contributed by atoms with Gasteiger partial charge in [0.05, 0.1) is 7.11 Å². The van der Waals surface area contributed by atoms with Gasteiger partial charge in [0, 0.05) is 5.69 Å². The Bertz CT molecular complexity index is 414. The third-order valence-electron chi connectivity index (χ3n) is 3.26. The van der Waals surface area contributed by atoms with E-state index in [0.29, 0.717) is 12.8 Å². The number of carbonyl (C=O) groups excluding carboxylic acids is 1. The normalized spacial score (nSPS) is 18.1. The van der Waals surface area contributed by atoms with Crippen LogP contribution in [-0.4, -0.2) is 31.7 Å². The van der Waals surface area contributed by atoms with E-state index in [2.05, 4.69) is 10.6 Å². The lowest BCUT2D eigenvalue weighted by molar-refractivity contribution is -0.147. The average molecular weight is 252 g/mol. The third-order valence-corrected chi connectivity index (χ3v) is 3.26. The van der Waals surface area contributed by atoms with Crippen LogP contribution in [0.15, 0.2) is 24.3 Å². The lowest BCUT2D eigenvalue weighted by Gasteiger charge is -2.36. The Balaban J connectivity index is 2.19. The highest BCUT2D eigenvalue weighted by molar-refractivity contribution is 5.84. The van der Waals surface area contributed by atoms with Crippen molar-refractivity contribution in [3.63, 3.8) is 0 Å². The van der Waals surface area contributed by atoms with Gasteiger partial charge in [-0.25, -0.2) is 9.18 Å². The standard InChI is InChI=1S/C13H17FN2O2/c1-18-12(17)13(6-8-15-9-7-13)16-11-4-2-10(14)3-5-11/h2-5,15-16H,6-9H2,1H3. The number of benzene rings is 1. The maximum absolute atomic E-state index is 12.9. The van der Waals surface area contributed by atoms with Crippen molar-refractivity contribution in [2.45, 2.75) is 18.4 Å². The van der Waals surface area contributed by atoms with Crippen molar-refractivity contribution in [3.05, 3.63) is 30.1 Å². The zero-order valence-corrected chi connectivity index (χ0v) is 10.3. The average Bonchev–Trinajstić information content (AvgIpc) is 2.41. The van der Waals surface area contributed by atoms with Crippen LogP contribution >= 0.6 is 0 Å². The van der Waals surface area contributed by atoms with E-state index >= 15 is 0 Å². The lowest BCUT2D eigenvalue weighted by atomic mass is 9.88. The number of anilines is 1. The van der Waals surface area contributed by atoms with E-state index in [1.165, 1.54) is 19.2 Å². The van der Waals surface area contributed by atoms with Gasteiger partial charge >= 0.3 is 5.97 Å². The predicted octanol–water partition coefficient (Wildman–Crippen LogP) is 1.53. The molecule has 0 atom stereocenters. The first-order valence-corrected chi connectivity index (χ1v) is 5.99. The number of rotatable bonds is 3. The Morgan fingerprint density at radius 3 is 2.50 bits per heavy atom. The summed E-state index contributed by atoms with van der Waals surface area (Å²) in [7, 11) is 1.39. The summed E-state index contributed by atoms with van der Waals surface area (Å²) in [4.78, 5) is 12.0. The molecule has 0 spiro atoms. The van der Waals surface area contributed by atoms with Gasteiger partial charge in [-0.05, 0) is 50.2 Å². The summed E-state index contributed by atoms with van der Waals surface area (Å²) < 4.78 is 17.7. The molecule has 1 aliphatic heterocycles. The minimum absolute atomic E-state index is 0.270. The fourth-order valence-corrected chi connectivity index (χ4v) is 2.24. The van der Waals surface area contributed by atoms with Crippen molar-refractivity contribution in [1.82, 2.24) is 5.32 Å². The number of carbonyl (C=O) groups is 1.